The van der Waals surface area contributed by atoms with Crippen LogP contribution in [0.15, 0.2) is 18.2 Å². The van der Waals surface area contributed by atoms with Gasteiger partial charge in [0, 0.05) is 17.9 Å². The van der Waals surface area contributed by atoms with Crippen molar-refractivity contribution in [2.45, 2.75) is 45.3 Å². The molecule has 1 aliphatic heterocycles. The maximum Gasteiger partial charge on any atom is 0.387 e. The van der Waals surface area contributed by atoms with Crippen LogP contribution in [0.25, 0.3) is 0 Å². The third-order valence-corrected chi connectivity index (χ3v) is 3.61. The molecular formula is C15H19F2NO3. The number of amides is 1. The Morgan fingerprint density at radius 1 is 1.38 bits per heavy atom. The number of nitrogens with one attached hydrogen (secondary N) is 1. The number of benzene rings is 1. The molecule has 1 N–H and O–H groups in total. The van der Waals surface area contributed by atoms with Crippen LogP contribution in [-0.2, 0) is 4.79 Å². The van der Waals surface area contributed by atoms with Gasteiger partial charge in [-0.3, -0.25) is 4.79 Å². The predicted molar refractivity (Wildman–Crippen MR) is 73.8 cm³/mol. The van der Waals surface area contributed by atoms with Gasteiger partial charge in [0.2, 0.25) is 5.91 Å². The van der Waals surface area contributed by atoms with Gasteiger partial charge in [0.1, 0.15) is 0 Å². The Bertz CT molecular complexity index is 532. The molecule has 2 rings (SSSR count). The van der Waals surface area contributed by atoms with Gasteiger partial charge in [0.25, 0.3) is 0 Å². The molecule has 4 nitrogen and oxygen atoms in total. The molecule has 1 heterocycles. The highest BCUT2D eigenvalue weighted by Crippen LogP contribution is 2.40. The Labute approximate surface area is 122 Å². The predicted octanol–water partition coefficient (Wildman–Crippen LogP) is 3.07. The Balaban J connectivity index is 2.33. The van der Waals surface area contributed by atoms with Gasteiger partial charge in [-0.1, -0.05) is 6.07 Å². The van der Waals surface area contributed by atoms with E-state index in [0.717, 1.165) is 5.56 Å². The van der Waals surface area contributed by atoms with Gasteiger partial charge in [0.15, 0.2) is 11.5 Å². The first-order valence-electron chi connectivity index (χ1n) is 6.86. The largest absolute Gasteiger partial charge is 0.490 e. The minimum Gasteiger partial charge on any atom is -0.490 e. The van der Waals surface area contributed by atoms with E-state index in [-0.39, 0.29) is 28.9 Å². The summed E-state index contributed by atoms with van der Waals surface area (Å²) >= 11 is 0. The summed E-state index contributed by atoms with van der Waals surface area (Å²) in [4.78, 5) is 11.6. The van der Waals surface area contributed by atoms with E-state index < -0.39 is 6.61 Å². The first kappa shape index (κ1) is 15.5. The Kier molecular flexibility index (Phi) is 4.34. The van der Waals surface area contributed by atoms with Crippen LogP contribution in [0.1, 0.15) is 38.7 Å². The zero-order valence-corrected chi connectivity index (χ0v) is 12.3. The van der Waals surface area contributed by atoms with Crippen LogP contribution in [0.2, 0.25) is 0 Å². The Morgan fingerprint density at radius 3 is 2.62 bits per heavy atom. The van der Waals surface area contributed by atoms with Crippen molar-refractivity contribution in [3.8, 4) is 11.5 Å². The molecular weight excluding hydrogens is 280 g/mol. The van der Waals surface area contributed by atoms with Crippen molar-refractivity contribution in [2.24, 2.45) is 0 Å². The topological polar surface area (TPSA) is 47.6 Å². The summed E-state index contributed by atoms with van der Waals surface area (Å²) in [5.41, 5.74) is 0.481. The molecule has 1 amide bonds. The molecule has 1 unspecified atom stereocenters. The SMILES string of the molecule is CCOc1cc(C2CC(=O)NC2(C)C)ccc1OC(F)F. The van der Waals surface area contributed by atoms with Gasteiger partial charge in [-0.25, -0.2) is 0 Å². The summed E-state index contributed by atoms with van der Waals surface area (Å²) < 4.78 is 34.6. The molecule has 1 fully saturated rings. The van der Waals surface area contributed by atoms with Crippen molar-refractivity contribution in [1.29, 1.82) is 0 Å². The average Bonchev–Trinajstić information content (AvgIpc) is 2.64. The fourth-order valence-corrected chi connectivity index (χ4v) is 2.68. The smallest absolute Gasteiger partial charge is 0.387 e. The van der Waals surface area contributed by atoms with Crippen LogP contribution >= 0.6 is 0 Å². The highest BCUT2D eigenvalue weighted by atomic mass is 19.3. The number of carbonyl (C=O) groups excluding carboxylic acids is 1. The van der Waals surface area contributed by atoms with Gasteiger partial charge in [0.05, 0.1) is 6.61 Å². The maximum absolute atomic E-state index is 12.4. The van der Waals surface area contributed by atoms with Gasteiger partial charge < -0.3 is 14.8 Å². The van der Waals surface area contributed by atoms with Crippen molar-refractivity contribution in [1.82, 2.24) is 5.32 Å². The van der Waals surface area contributed by atoms with Crippen LogP contribution in [0.3, 0.4) is 0 Å². The molecule has 0 aromatic heterocycles. The standard InChI is InChI=1S/C15H19F2NO3/c1-4-20-12-7-9(5-6-11(12)21-14(16)17)10-8-13(19)18-15(10,2)3/h5-7,10,14H,4,8H2,1-3H3,(H,18,19). The fourth-order valence-electron chi connectivity index (χ4n) is 2.68. The van der Waals surface area contributed by atoms with E-state index in [0.29, 0.717) is 13.0 Å². The molecule has 21 heavy (non-hydrogen) atoms. The second-order valence-corrected chi connectivity index (χ2v) is 5.54. The van der Waals surface area contributed by atoms with Gasteiger partial charge in [-0.05, 0) is 38.5 Å². The quantitative estimate of drug-likeness (QED) is 0.909. The van der Waals surface area contributed by atoms with E-state index in [1.807, 2.05) is 13.8 Å². The molecule has 1 aromatic rings. The van der Waals surface area contributed by atoms with Crippen molar-refractivity contribution in [3.63, 3.8) is 0 Å². The van der Waals surface area contributed by atoms with E-state index in [9.17, 15) is 13.6 Å². The lowest BCUT2D eigenvalue weighted by Crippen LogP contribution is -2.38. The molecule has 1 aliphatic rings. The lowest BCUT2D eigenvalue weighted by Gasteiger charge is -2.27. The summed E-state index contributed by atoms with van der Waals surface area (Å²) in [6, 6.07) is 4.84. The second kappa shape index (κ2) is 5.87. The summed E-state index contributed by atoms with van der Waals surface area (Å²) in [6.45, 7) is 3.08. The normalized spacial score (nSPS) is 20.5. The average molecular weight is 299 g/mol. The van der Waals surface area contributed by atoms with E-state index in [1.165, 1.54) is 6.07 Å². The summed E-state index contributed by atoms with van der Waals surface area (Å²) in [7, 11) is 0. The first-order valence-corrected chi connectivity index (χ1v) is 6.86. The van der Waals surface area contributed by atoms with Crippen LogP contribution in [0.5, 0.6) is 11.5 Å². The fraction of sp³-hybridized carbons (Fsp3) is 0.533. The highest BCUT2D eigenvalue weighted by Gasteiger charge is 2.40. The number of carbonyl (C=O) groups is 1. The highest BCUT2D eigenvalue weighted by molar-refractivity contribution is 5.81. The second-order valence-electron chi connectivity index (χ2n) is 5.54. The Hall–Kier alpha value is -1.85. The third kappa shape index (κ3) is 3.43. The number of ether oxygens (including phenoxy) is 2. The summed E-state index contributed by atoms with van der Waals surface area (Å²) in [6.07, 6.45) is 0.369. The van der Waals surface area contributed by atoms with E-state index in [2.05, 4.69) is 10.1 Å². The van der Waals surface area contributed by atoms with Gasteiger partial charge in [-0.2, -0.15) is 8.78 Å². The summed E-state index contributed by atoms with van der Waals surface area (Å²) in [5, 5.41) is 2.91. The van der Waals surface area contributed by atoms with Crippen molar-refractivity contribution < 1.29 is 23.0 Å². The molecule has 0 spiro atoms. The molecule has 6 heteroatoms. The monoisotopic (exact) mass is 299 g/mol. The van der Waals surface area contributed by atoms with Crippen molar-refractivity contribution >= 4 is 5.91 Å². The van der Waals surface area contributed by atoms with Crippen LogP contribution < -0.4 is 14.8 Å². The molecule has 1 atom stereocenters. The van der Waals surface area contributed by atoms with E-state index in [1.54, 1.807) is 19.1 Å². The lowest BCUT2D eigenvalue weighted by molar-refractivity contribution is -0.119. The third-order valence-electron chi connectivity index (χ3n) is 3.61. The molecule has 0 radical (unpaired) electrons. The van der Waals surface area contributed by atoms with Crippen molar-refractivity contribution in [3.05, 3.63) is 23.8 Å². The number of rotatable bonds is 5. The van der Waals surface area contributed by atoms with Gasteiger partial charge >= 0.3 is 6.61 Å². The molecule has 1 aromatic carbocycles. The molecule has 0 saturated carbocycles. The molecule has 0 aliphatic carbocycles. The number of hydrogen-bond acceptors (Lipinski definition) is 3. The number of hydrogen-bond donors (Lipinski definition) is 1. The molecule has 0 bridgehead atoms. The van der Waals surface area contributed by atoms with Crippen LogP contribution in [-0.4, -0.2) is 24.7 Å². The minimum atomic E-state index is -2.90. The number of halogens is 2. The van der Waals surface area contributed by atoms with Crippen molar-refractivity contribution in [2.75, 3.05) is 6.61 Å². The van der Waals surface area contributed by atoms with Crippen LogP contribution in [0, 0.1) is 0 Å². The zero-order valence-electron chi connectivity index (χ0n) is 12.3. The van der Waals surface area contributed by atoms with E-state index >= 15 is 0 Å². The maximum atomic E-state index is 12.4. The van der Waals surface area contributed by atoms with Gasteiger partial charge in [-0.15, -0.1) is 0 Å². The minimum absolute atomic E-state index is 0.00527. The Morgan fingerprint density at radius 2 is 2.10 bits per heavy atom. The number of alkyl halides is 2. The molecule has 116 valence electrons. The zero-order chi connectivity index (χ0) is 15.6. The summed E-state index contributed by atoms with van der Waals surface area (Å²) in [5.74, 6) is 0.219. The van der Waals surface area contributed by atoms with E-state index in [4.69, 9.17) is 4.74 Å². The lowest BCUT2D eigenvalue weighted by atomic mass is 9.83. The molecule has 1 saturated heterocycles. The van der Waals surface area contributed by atoms with Crippen LogP contribution in [0.4, 0.5) is 8.78 Å². The first-order chi connectivity index (χ1) is 9.83.